The Kier molecular flexibility index (Phi) is 6.11. The number of ether oxygens (including phenoxy) is 3. The van der Waals surface area contributed by atoms with E-state index in [-0.39, 0.29) is 5.92 Å². The number of rotatable bonds is 8. The zero-order valence-corrected chi connectivity index (χ0v) is 17.2. The van der Waals surface area contributed by atoms with Crippen molar-refractivity contribution in [3.05, 3.63) is 40.8 Å². The molecule has 0 atom stereocenters. The van der Waals surface area contributed by atoms with Crippen molar-refractivity contribution in [2.24, 2.45) is 0 Å². The molecule has 150 valence electrons. The Labute approximate surface area is 164 Å². The fourth-order valence-electron chi connectivity index (χ4n) is 3.26. The van der Waals surface area contributed by atoms with Gasteiger partial charge in [-0.2, -0.15) is 14.6 Å². The number of aromatic nitrogens is 4. The highest BCUT2D eigenvalue weighted by molar-refractivity contribution is 5.64. The van der Waals surface area contributed by atoms with Crippen molar-refractivity contribution < 1.29 is 14.2 Å². The summed E-state index contributed by atoms with van der Waals surface area (Å²) in [6, 6.07) is 4.05. The van der Waals surface area contributed by atoms with Crippen LogP contribution in [0.25, 0.3) is 5.65 Å². The van der Waals surface area contributed by atoms with Gasteiger partial charge in [0.05, 0.1) is 26.5 Å². The van der Waals surface area contributed by atoms with Crippen LogP contribution in [0.2, 0.25) is 0 Å². The first-order valence-electron chi connectivity index (χ1n) is 9.10. The molecule has 0 saturated carbocycles. The van der Waals surface area contributed by atoms with E-state index in [4.69, 9.17) is 14.2 Å². The van der Waals surface area contributed by atoms with Crippen LogP contribution in [0.4, 0.5) is 11.6 Å². The molecule has 0 spiro atoms. The first-order chi connectivity index (χ1) is 13.5. The number of anilines is 2. The largest absolute Gasteiger partial charge is 0.496 e. The molecule has 3 rings (SSSR count). The summed E-state index contributed by atoms with van der Waals surface area (Å²) in [5.74, 6) is 2.17. The van der Waals surface area contributed by atoms with Crippen molar-refractivity contribution in [1.29, 1.82) is 0 Å². The van der Waals surface area contributed by atoms with Crippen LogP contribution in [0.1, 0.15) is 28.4 Å². The van der Waals surface area contributed by atoms with Crippen molar-refractivity contribution in [3.63, 3.8) is 0 Å². The molecule has 2 heterocycles. The lowest BCUT2D eigenvalue weighted by Crippen LogP contribution is -2.13. The maximum Gasteiger partial charge on any atom is 0.232 e. The Morgan fingerprint density at radius 1 is 1.00 bits per heavy atom. The number of hydrogen-bond donors (Lipinski definition) is 1. The minimum atomic E-state index is 0.0413. The molecule has 0 aliphatic carbocycles. The average Bonchev–Trinajstić information content (AvgIpc) is 3.08. The summed E-state index contributed by atoms with van der Waals surface area (Å²) in [6.07, 6.45) is 1.81. The van der Waals surface area contributed by atoms with Crippen LogP contribution in [0.3, 0.4) is 0 Å². The molecule has 28 heavy (non-hydrogen) atoms. The third kappa shape index (κ3) is 3.93. The zero-order chi connectivity index (χ0) is 20.3. The highest BCUT2D eigenvalue weighted by Crippen LogP contribution is 2.29. The van der Waals surface area contributed by atoms with Gasteiger partial charge in [-0.15, -0.1) is 0 Å². The van der Waals surface area contributed by atoms with Gasteiger partial charge in [-0.05, 0) is 44.0 Å². The van der Waals surface area contributed by atoms with Crippen LogP contribution in [0.5, 0.6) is 5.75 Å². The standard InChI is InChI=1S/C20H27N5O3/c1-12-8-18(28-6)13(2)7-17(12)24-20-23-14(3)22-19-16(9-21-25(19)20)15(10-26-4)11-27-5/h7-9,15H,10-11H2,1-6H3,(H,22,23,24). The normalized spacial score (nSPS) is 11.4. The first kappa shape index (κ1) is 20.0. The monoisotopic (exact) mass is 385 g/mol. The Morgan fingerprint density at radius 2 is 1.71 bits per heavy atom. The van der Waals surface area contributed by atoms with E-state index in [2.05, 4.69) is 20.4 Å². The summed E-state index contributed by atoms with van der Waals surface area (Å²) in [6.45, 7) is 6.96. The van der Waals surface area contributed by atoms with Gasteiger partial charge in [0, 0.05) is 31.4 Å². The quantitative estimate of drug-likeness (QED) is 0.638. The molecule has 1 N–H and O–H groups in total. The molecule has 0 bridgehead atoms. The van der Waals surface area contributed by atoms with Gasteiger partial charge in [0.1, 0.15) is 11.6 Å². The summed E-state index contributed by atoms with van der Waals surface area (Å²) in [5, 5.41) is 7.92. The van der Waals surface area contributed by atoms with Gasteiger partial charge in [0.15, 0.2) is 5.65 Å². The summed E-state index contributed by atoms with van der Waals surface area (Å²) in [4.78, 5) is 9.17. The lowest BCUT2D eigenvalue weighted by atomic mass is 10.0. The molecule has 2 aromatic heterocycles. The van der Waals surface area contributed by atoms with E-state index in [1.54, 1.807) is 25.8 Å². The van der Waals surface area contributed by atoms with Gasteiger partial charge in [0.2, 0.25) is 5.95 Å². The molecular weight excluding hydrogens is 358 g/mol. The Hall–Kier alpha value is -2.71. The van der Waals surface area contributed by atoms with Crippen LogP contribution < -0.4 is 10.1 Å². The molecule has 0 radical (unpaired) electrons. The number of nitrogens with zero attached hydrogens (tertiary/aromatic N) is 4. The summed E-state index contributed by atoms with van der Waals surface area (Å²) in [5.41, 5.74) is 4.76. The number of methoxy groups -OCH3 is 3. The minimum Gasteiger partial charge on any atom is -0.496 e. The van der Waals surface area contributed by atoms with Crippen LogP contribution in [-0.2, 0) is 9.47 Å². The Balaban J connectivity index is 2.04. The number of nitrogens with one attached hydrogen (secondary N) is 1. The van der Waals surface area contributed by atoms with Crippen molar-refractivity contribution in [1.82, 2.24) is 19.6 Å². The second-order valence-electron chi connectivity index (χ2n) is 6.80. The SMILES string of the molecule is COCC(COC)c1cnn2c(Nc3cc(C)c(OC)cc3C)nc(C)nc12. The lowest BCUT2D eigenvalue weighted by molar-refractivity contribution is 0.117. The van der Waals surface area contributed by atoms with Crippen LogP contribution >= 0.6 is 0 Å². The lowest BCUT2D eigenvalue weighted by Gasteiger charge is -2.15. The van der Waals surface area contributed by atoms with Gasteiger partial charge in [-0.1, -0.05) is 0 Å². The summed E-state index contributed by atoms with van der Waals surface area (Å²) in [7, 11) is 5.03. The molecule has 0 fully saturated rings. The topological polar surface area (TPSA) is 82.8 Å². The fourth-order valence-corrected chi connectivity index (χ4v) is 3.26. The Bertz CT molecular complexity index is 964. The smallest absolute Gasteiger partial charge is 0.232 e. The van der Waals surface area contributed by atoms with Crippen LogP contribution in [-0.4, -0.2) is 54.1 Å². The molecular formula is C20H27N5O3. The van der Waals surface area contributed by atoms with Crippen LogP contribution in [0.15, 0.2) is 18.3 Å². The second kappa shape index (κ2) is 8.53. The summed E-state index contributed by atoms with van der Waals surface area (Å²) < 4.78 is 17.8. The van der Waals surface area contributed by atoms with E-state index in [9.17, 15) is 0 Å². The van der Waals surface area contributed by atoms with E-state index in [0.717, 1.165) is 33.8 Å². The maximum absolute atomic E-state index is 5.40. The molecule has 8 nitrogen and oxygen atoms in total. The predicted molar refractivity (Wildman–Crippen MR) is 108 cm³/mol. The first-order valence-corrected chi connectivity index (χ1v) is 9.10. The number of benzene rings is 1. The van der Waals surface area contributed by atoms with E-state index < -0.39 is 0 Å². The van der Waals surface area contributed by atoms with E-state index in [1.165, 1.54) is 0 Å². The van der Waals surface area contributed by atoms with Crippen molar-refractivity contribution >= 4 is 17.3 Å². The predicted octanol–water partition coefficient (Wildman–Crippen LogP) is 3.18. The van der Waals surface area contributed by atoms with Crippen molar-refractivity contribution in [2.75, 3.05) is 39.9 Å². The number of fused-ring (bicyclic) bond motifs is 1. The third-order valence-electron chi connectivity index (χ3n) is 4.67. The van der Waals surface area contributed by atoms with Gasteiger partial charge in [-0.3, -0.25) is 0 Å². The minimum absolute atomic E-state index is 0.0413. The van der Waals surface area contributed by atoms with Crippen LogP contribution in [0, 0.1) is 20.8 Å². The number of hydrogen-bond acceptors (Lipinski definition) is 7. The molecule has 0 aliphatic rings. The van der Waals surface area contributed by atoms with Gasteiger partial charge >= 0.3 is 0 Å². The average molecular weight is 385 g/mol. The highest BCUT2D eigenvalue weighted by Gasteiger charge is 2.20. The molecule has 3 aromatic rings. The maximum atomic E-state index is 5.40. The fraction of sp³-hybridized carbons (Fsp3) is 0.450. The summed E-state index contributed by atoms with van der Waals surface area (Å²) >= 11 is 0. The molecule has 0 amide bonds. The molecule has 0 aliphatic heterocycles. The third-order valence-corrected chi connectivity index (χ3v) is 4.67. The van der Waals surface area contributed by atoms with Gasteiger partial charge in [-0.25, -0.2) is 4.98 Å². The molecule has 8 heteroatoms. The molecule has 0 saturated heterocycles. The number of aryl methyl sites for hydroxylation is 3. The van der Waals surface area contributed by atoms with E-state index in [0.29, 0.717) is 25.0 Å². The Morgan fingerprint density at radius 3 is 2.36 bits per heavy atom. The zero-order valence-electron chi connectivity index (χ0n) is 17.2. The molecule has 0 unspecified atom stereocenters. The van der Waals surface area contributed by atoms with Gasteiger partial charge in [0.25, 0.3) is 0 Å². The van der Waals surface area contributed by atoms with Crippen molar-refractivity contribution in [2.45, 2.75) is 26.7 Å². The highest BCUT2D eigenvalue weighted by atomic mass is 16.5. The van der Waals surface area contributed by atoms with E-state index in [1.807, 2.05) is 39.1 Å². The molecule has 1 aromatic carbocycles. The van der Waals surface area contributed by atoms with E-state index >= 15 is 0 Å². The van der Waals surface area contributed by atoms with Crippen molar-refractivity contribution in [3.8, 4) is 5.75 Å². The second-order valence-corrected chi connectivity index (χ2v) is 6.80. The van der Waals surface area contributed by atoms with Gasteiger partial charge < -0.3 is 19.5 Å².